The fraction of sp³-hybridized carbons (Fsp3) is 0.600. The molecule has 24 heavy (non-hydrogen) atoms. The van der Waals surface area contributed by atoms with Crippen LogP contribution in [0.2, 0.25) is 0 Å². The van der Waals surface area contributed by atoms with Gasteiger partial charge in [0.25, 0.3) is 0 Å². The van der Waals surface area contributed by atoms with E-state index in [1.54, 1.807) is 12.2 Å². The van der Waals surface area contributed by atoms with Crippen molar-refractivity contribution >= 4 is 46.9 Å². The molecule has 1 N–H and O–H groups in total. The Morgan fingerprint density at radius 1 is 1.50 bits per heavy atom. The Hall–Kier alpha value is -0.950. The maximum Gasteiger partial charge on any atom is 0.410 e. The van der Waals surface area contributed by atoms with Crippen molar-refractivity contribution in [2.75, 3.05) is 13.2 Å². The summed E-state index contributed by atoms with van der Waals surface area (Å²) in [6.45, 7) is 0.0630. The predicted octanol–water partition coefficient (Wildman–Crippen LogP) is 2.50. The lowest BCUT2D eigenvalue weighted by molar-refractivity contribution is -0.153. The molecule has 6 nitrogen and oxygen atoms in total. The predicted molar refractivity (Wildman–Crippen MR) is 88.0 cm³/mol. The van der Waals surface area contributed by atoms with Crippen LogP contribution < -0.4 is 0 Å². The fourth-order valence-corrected chi connectivity index (χ4v) is 3.72. The Balaban J connectivity index is 1.82. The van der Waals surface area contributed by atoms with Crippen molar-refractivity contribution in [3.8, 4) is 0 Å². The summed E-state index contributed by atoms with van der Waals surface area (Å²) in [5.74, 6) is -0.481. The van der Waals surface area contributed by atoms with Gasteiger partial charge in [0.15, 0.2) is 5.60 Å². The molecule has 1 amide bonds. The summed E-state index contributed by atoms with van der Waals surface area (Å²) in [6, 6.07) is -0.433. The summed E-state index contributed by atoms with van der Waals surface area (Å²) >= 11 is 16.8. The SMILES string of the molecule is O=C1C=C2C=C[C@H](O)C[C@]2([C@H]2CCCN2C(=O)OCC(Cl)(Cl)Cl)O1. The van der Waals surface area contributed by atoms with Crippen molar-refractivity contribution in [3.63, 3.8) is 0 Å². The molecular formula is C15H16Cl3NO5. The first kappa shape index (κ1) is 17.9. The minimum atomic E-state index is -1.70. The number of alkyl halides is 3. The third kappa shape index (κ3) is 3.38. The van der Waals surface area contributed by atoms with Crippen molar-refractivity contribution in [3.05, 3.63) is 23.8 Å². The van der Waals surface area contributed by atoms with Gasteiger partial charge in [-0.1, -0.05) is 47.0 Å². The molecule has 2 heterocycles. The van der Waals surface area contributed by atoms with E-state index in [1.807, 2.05) is 0 Å². The van der Waals surface area contributed by atoms with Crippen molar-refractivity contribution in [2.24, 2.45) is 0 Å². The number of ether oxygens (including phenoxy) is 2. The minimum absolute atomic E-state index is 0.194. The second-order valence-corrected chi connectivity index (χ2v) is 8.58. The van der Waals surface area contributed by atoms with Crippen molar-refractivity contribution in [2.45, 2.75) is 40.8 Å². The van der Waals surface area contributed by atoms with E-state index in [1.165, 1.54) is 11.0 Å². The second kappa shape index (κ2) is 6.41. The van der Waals surface area contributed by atoms with Crippen LogP contribution in [0.15, 0.2) is 23.8 Å². The molecule has 132 valence electrons. The van der Waals surface area contributed by atoms with Gasteiger partial charge in [-0.3, -0.25) is 0 Å². The van der Waals surface area contributed by atoms with Crippen molar-refractivity contribution in [1.29, 1.82) is 0 Å². The van der Waals surface area contributed by atoms with Crippen LogP contribution in [-0.2, 0) is 14.3 Å². The van der Waals surface area contributed by atoms with Gasteiger partial charge in [-0.15, -0.1) is 0 Å². The molecule has 9 heteroatoms. The van der Waals surface area contributed by atoms with E-state index in [2.05, 4.69) is 0 Å². The number of nitrogens with zero attached hydrogens (tertiary/aromatic N) is 1. The minimum Gasteiger partial charge on any atom is -0.449 e. The summed E-state index contributed by atoms with van der Waals surface area (Å²) < 4.78 is 8.93. The molecule has 0 aromatic rings. The summed E-state index contributed by atoms with van der Waals surface area (Å²) in [5.41, 5.74) is -0.398. The fourth-order valence-electron chi connectivity index (χ4n) is 3.55. The van der Waals surface area contributed by atoms with Gasteiger partial charge in [0.2, 0.25) is 3.79 Å². The lowest BCUT2D eigenvalue weighted by atomic mass is 9.77. The van der Waals surface area contributed by atoms with Crippen LogP contribution in [0.4, 0.5) is 4.79 Å². The van der Waals surface area contributed by atoms with Crippen LogP contribution >= 0.6 is 34.8 Å². The van der Waals surface area contributed by atoms with Crippen LogP contribution in [-0.4, -0.2) is 56.8 Å². The van der Waals surface area contributed by atoms with Crippen LogP contribution in [0.25, 0.3) is 0 Å². The molecule has 0 saturated carbocycles. The molecular weight excluding hydrogens is 381 g/mol. The number of rotatable bonds is 2. The maximum absolute atomic E-state index is 12.4. The first-order valence-electron chi connectivity index (χ1n) is 7.53. The second-order valence-electron chi connectivity index (χ2n) is 6.06. The first-order chi connectivity index (χ1) is 11.2. The molecule has 3 aliphatic rings. The van der Waals surface area contributed by atoms with E-state index in [-0.39, 0.29) is 13.0 Å². The molecule has 0 radical (unpaired) electrons. The molecule has 1 fully saturated rings. The van der Waals surface area contributed by atoms with Gasteiger partial charge in [0.1, 0.15) is 6.61 Å². The Kier molecular flexibility index (Phi) is 4.77. The van der Waals surface area contributed by atoms with Crippen LogP contribution in [0.3, 0.4) is 0 Å². The molecule has 2 aliphatic heterocycles. The van der Waals surface area contributed by atoms with E-state index >= 15 is 0 Å². The average Bonchev–Trinajstić information content (AvgIpc) is 3.07. The normalized spacial score (nSPS) is 32.4. The van der Waals surface area contributed by atoms with E-state index < -0.39 is 33.6 Å². The third-order valence-corrected chi connectivity index (χ3v) is 4.77. The Morgan fingerprint density at radius 2 is 2.25 bits per heavy atom. The molecule has 0 aromatic carbocycles. The maximum atomic E-state index is 12.4. The smallest absolute Gasteiger partial charge is 0.410 e. The molecule has 0 spiro atoms. The number of aliphatic hydroxyl groups is 1. The molecule has 3 rings (SSSR count). The first-order valence-corrected chi connectivity index (χ1v) is 8.66. The molecule has 3 atom stereocenters. The van der Waals surface area contributed by atoms with Gasteiger partial charge in [0, 0.05) is 24.6 Å². The number of hydrogen-bond donors (Lipinski definition) is 1. The summed E-state index contributed by atoms with van der Waals surface area (Å²) in [7, 11) is 0. The zero-order chi connectivity index (χ0) is 17.5. The number of fused-ring (bicyclic) bond motifs is 1. The van der Waals surface area contributed by atoms with Gasteiger partial charge < -0.3 is 19.5 Å². The van der Waals surface area contributed by atoms with Gasteiger partial charge in [-0.05, 0) is 12.8 Å². The van der Waals surface area contributed by atoms with Gasteiger partial charge >= 0.3 is 12.1 Å². The van der Waals surface area contributed by atoms with Gasteiger partial charge in [-0.2, -0.15) is 0 Å². The number of carbonyl (C=O) groups excluding carboxylic acids is 2. The zero-order valence-corrected chi connectivity index (χ0v) is 14.9. The van der Waals surface area contributed by atoms with E-state index in [0.717, 1.165) is 6.42 Å². The van der Waals surface area contributed by atoms with Crippen LogP contribution in [0.1, 0.15) is 19.3 Å². The zero-order valence-electron chi connectivity index (χ0n) is 12.6. The van der Waals surface area contributed by atoms with Crippen LogP contribution in [0.5, 0.6) is 0 Å². The highest BCUT2D eigenvalue weighted by atomic mass is 35.6. The number of aliphatic hydroxyl groups excluding tert-OH is 1. The van der Waals surface area contributed by atoms with E-state index in [4.69, 9.17) is 44.3 Å². The summed E-state index contributed by atoms with van der Waals surface area (Å²) in [5, 5.41) is 10.0. The quantitative estimate of drug-likeness (QED) is 0.573. The number of halogens is 3. The number of likely N-dealkylation sites (tertiary alicyclic amines) is 1. The van der Waals surface area contributed by atoms with E-state index in [9.17, 15) is 14.7 Å². The third-order valence-electron chi connectivity index (χ3n) is 4.44. The van der Waals surface area contributed by atoms with E-state index in [0.29, 0.717) is 18.5 Å². The Morgan fingerprint density at radius 3 is 2.96 bits per heavy atom. The lowest BCUT2D eigenvalue weighted by Gasteiger charge is -2.42. The number of hydrogen-bond acceptors (Lipinski definition) is 5. The highest BCUT2D eigenvalue weighted by molar-refractivity contribution is 6.67. The Bertz CT molecular complexity index is 615. The molecule has 0 bridgehead atoms. The Labute approximate surface area is 153 Å². The highest BCUT2D eigenvalue weighted by Crippen LogP contribution is 2.45. The average molecular weight is 397 g/mol. The number of carbonyl (C=O) groups is 2. The van der Waals surface area contributed by atoms with Crippen molar-refractivity contribution < 1.29 is 24.2 Å². The summed E-state index contributed by atoms with van der Waals surface area (Å²) in [4.78, 5) is 25.7. The molecule has 0 aromatic heterocycles. The largest absolute Gasteiger partial charge is 0.449 e. The monoisotopic (exact) mass is 395 g/mol. The van der Waals surface area contributed by atoms with Gasteiger partial charge in [-0.25, -0.2) is 9.59 Å². The lowest BCUT2D eigenvalue weighted by Crippen LogP contribution is -2.55. The number of amides is 1. The van der Waals surface area contributed by atoms with Crippen LogP contribution in [0, 0.1) is 0 Å². The highest BCUT2D eigenvalue weighted by Gasteiger charge is 2.55. The summed E-state index contributed by atoms with van der Waals surface area (Å²) in [6.07, 6.45) is 4.81. The number of esters is 1. The topological polar surface area (TPSA) is 76.1 Å². The van der Waals surface area contributed by atoms with Crippen molar-refractivity contribution in [1.82, 2.24) is 4.90 Å². The molecule has 1 aliphatic carbocycles. The molecule has 1 saturated heterocycles. The van der Waals surface area contributed by atoms with Gasteiger partial charge in [0.05, 0.1) is 12.1 Å². The molecule has 0 unspecified atom stereocenters. The standard InChI is InChI=1S/C15H16Cl3NO5/c16-15(17,18)8-23-13(22)19-5-1-2-11(19)14-7-10(20)4-3-9(14)6-12(21)24-14/h3-4,6,10-11,20H,1-2,5,7-8H2/t10-,11+,14-/m0/s1.